The van der Waals surface area contributed by atoms with E-state index in [2.05, 4.69) is 25.7 Å². The number of fused-ring (bicyclic) bond motifs is 1. The fourth-order valence-electron chi connectivity index (χ4n) is 4.89. The molecule has 0 fully saturated rings. The number of nitrogens with zero attached hydrogens (tertiary/aromatic N) is 2. The molecule has 2 aromatic carbocycles. The van der Waals surface area contributed by atoms with E-state index >= 15 is 0 Å². The van der Waals surface area contributed by atoms with Gasteiger partial charge in [-0.05, 0) is 75.5 Å². The third-order valence-corrected chi connectivity index (χ3v) is 8.17. The van der Waals surface area contributed by atoms with Crippen molar-refractivity contribution in [1.29, 1.82) is 0 Å². The Balaban J connectivity index is 0.00000102. The van der Waals surface area contributed by atoms with Crippen molar-refractivity contribution in [1.82, 2.24) is 8.87 Å². The number of aliphatic carboxylic acids is 2. The number of para-hydroxylation sites is 1. The van der Waals surface area contributed by atoms with Crippen molar-refractivity contribution in [3.8, 4) is 5.75 Å². The number of ketones is 1. The molecule has 0 saturated carbocycles. The summed E-state index contributed by atoms with van der Waals surface area (Å²) in [7, 11) is -3.58. The number of carboxylic acids is 2. The van der Waals surface area contributed by atoms with Crippen molar-refractivity contribution in [3.05, 3.63) is 65.4 Å². The largest absolute Gasteiger partial charge is 0.494 e. The zero-order valence-electron chi connectivity index (χ0n) is 26.3. The molecule has 0 aliphatic rings. The molecule has 0 atom stereocenters. The number of rotatable bonds is 17. The quantitative estimate of drug-likeness (QED) is 0.107. The number of carbonyl (C=O) groups excluding carboxylic acids is 1. The van der Waals surface area contributed by atoms with Crippen LogP contribution in [-0.4, -0.2) is 77.7 Å². The van der Waals surface area contributed by atoms with E-state index in [9.17, 15) is 13.2 Å². The van der Waals surface area contributed by atoms with Crippen LogP contribution in [0.3, 0.4) is 0 Å². The molecule has 242 valence electrons. The molecule has 11 heteroatoms. The first-order valence-electron chi connectivity index (χ1n) is 15.2. The first-order valence-corrected chi connectivity index (χ1v) is 17.1. The summed E-state index contributed by atoms with van der Waals surface area (Å²) in [5.41, 5.74) is 2.12. The van der Waals surface area contributed by atoms with Crippen LogP contribution >= 0.6 is 0 Å². The maximum absolute atomic E-state index is 13.7. The average molecular weight is 631 g/mol. The Morgan fingerprint density at radius 1 is 0.795 bits per heavy atom. The van der Waals surface area contributed by atoms with Crippen molar-refractivity contribution in [2.24, 2.45) is 0 Å². The number of carbonyl (C=O) groups is 3. The molecule has 10 nitrogen and oxygen atoms in total. The highest BCUT2D eigenvalue weighted by Crippen LogP contribution is 2.31. The van der Waals surface area contributed by atoms with Crippen LogP contribution in [0.4, 0.5) is 0 Å². The van der Waals surface area contributed by atoms with Gasteiger partial charge in [-0.2, -0.15) is 0 Å². The highest BCUT2D eigenvalue weighted by molar-refractivity contribution is 7.89. The van der Waals surface area contributed by atoms with Gasteiger partial charge < -0.3 is 19.8 Å². The van der Waals surface area contributed by atoms with E-state index in [1.54, 1.807) is 24.3 Å². The highest BCUT2D eigenvalue weighted by Gasteiger charge is 2.26. The second kappa shape index (κ2) is 18.2. The second-order valence-electron chi connectivity index (χ2n) is 10.7. The molecule has 0 aliphatic carbocycles. The lowest BCUT2D eigenvalue weighted by Crippen LogP contribution is -2.28. The van der Waals surface area contributed by atoms with Gasteiger partial charge in [0.05, 0.1) is 23.9 Å². The van der Waals surface area contributed by atoms with Crippen LogP contribution in [-0.2, 0) is 26.0 Å². The number of carboxylic acid groups (broad SMARTS) is 2. The van der Waals surface area contributed by atoms with Gasteiger partial charge >= 0.3 is 11.9 Å². The number of ether oxygens (including phenoxy) is 1. The number of hydrogen-bond donors (Lipinski definition) is 2. The fourth-order valence-corrected chi connectivity index (χ4v) is 5.99. The molecular weight excluding hydrogens is 584 g/mol. The zero-order valence-corrected chi connectivity index (χ0v) is 27.1. The number of unbranched alkanes of at least 4 members (excludes halogenated alkanes) is 3. The van der Waals surface area contributed by atoms with Gasteiger partial charge in [0.2, 0.25) is 10.0 Å². The van der Waals surface area contributed by atoms with Crippen LogP contribution in [0.2, 0.25) is 0 Å². The topological polar surface area (TPSA) is 143 Å². The summed E-state index contributed by atoms with van der Waals surface area (Å²) in [6.45, 7) is 10.5. The highest BCUT2D eigenvalue weighted by atomic mass is 32.2. The summed E-state index contributed by atoms with van der Waals surface area (Å²) in [5, 5.41) is 15.5. The molecular formula is C33H46N2O8S. The van der Waals surface area contributed by atoms with Crippen molar-refractivity contribution >= 4 is 38.6 Å². The minimum atomic E-state index is -3.58. The molecule has 0 radical (unpaired) electrons. The summed E-state index contributed by atoms with van der Waals surface area (Å²) >= 11 is 0. The fraction of sp³-hybridized carbons (Fsp3) is 0.485. The van der Waals surface area contributed by atoms with E-state index in [1.807, 2.05) is 24.3 Å². The van der Waals surface area contributed by atoms with Crippen LogP contribution < -0.4 is 4.74 Å². The summed E-state index contributed by atoms with van der Waals surface area (Å²) in [5.74, 6) is -3.08. The lowest BCUT2D eigenvalue weighted by Gasteiger charge is -2.21. The van der Waals surface area contributed by atoms with E-state index in [4.69, 9.17) is 24.5 Å². The number of hydrogen-bond acceptors (Lipinski definition) is 7. The summed E-state index contributed by atoms with van der Waals surface area (Å²) in [6.07, 6.45) is 9.24. The van der Waals surface area contributed by atoms with Crippen molar-refractivity contribution < 1.29 is 37.8 Å². The monoisotopic (exact) mass is 630 g/mol. The molecule has 3 rings (SSSR count). The Morgan fingerprint density at radius 3 is 1.86 bits per heavy atom. The minimum Gasteiger partial charge on any atom is -0.494 e. The Kier molecular flexibility index (Phi) is 15.1. The maximum Gasteiger partial charge on any atom is 0.414 e. The Morgan fingerprint density at radius 2 is 1.34 bits per heavy atom. The van der Waals surface area contributed by atoms with Gasteiger partial charge in [0, 0.05) is 23.2 Å². The molecule has 0 amide bonds. The number of aromatic nitrogens is 1. The zero-order chi connectivity index (χ0) is 32.7. The minimum absolute atomic E-state index is 0.163. The molecule has 3 aromatic rings. The smallest absolute Gasteiger partial charge is 0.414 e. The summed E-state index contributed by atoms with van der Waals surface area (Å²) in [4.78, 5) is 34.5. The Bertz CT molecular complexity index is 1460. The average Bonchev–Trinajstić information content (AvgIpc) is 3.34. The Hall–Kier alpha value is -3.70. The van der Waals surface area contributed by atoms with Crippen LogP contribution in [0.5, 0.6) is 5.75 Å². The molecule has 0 saturated heterocycles. The van der Waals surface area contributed by atoms with E-state index < -0.39 is 22.0 Å². The Labute approximate surface area is 260 Å². The van der Waals surface area contributed by atoms with E-state index in [1.165, 1.54) is 35.9 Å². The van der Waals surface area contributed by atoms with Crippen molar-refractivity contribution in [2.75, 3.05) is 32.5 Å². The lowest BCUT2D eigenvalue weighted by molar-refractivity contribution is -0.159. The first-order chi connectivity index (χ1) is 21.0. The van der Waals surface area contributed by atoms with Crippen LogP contribution in [0.1, 0.15) is 87.3 Å². The SMILES string of the molecule is CCCCc1c(C(=O)c2ccc(OCCCN(CCCC)CCCC)cc2)c2ccccc2n1S(C)(=O)=O.O=C(O)C(=O)O. The van der Waals surface area contributed by atoms with Gasteiger partial charge in [-0.15, -0.1) is 0 Å². The van der Waals surface area contributed by atoms with E-state index in [0.717, 1.165) is 44.6 Å². The van der Waals surface area contributed by atoms with Crippen molar-refractivity contribution in [2.45, 2.75) is 72.1 Å². The van der Waals surface area contributed by atoms with Crippen LogP contribution in [0.15, 0.2) is 48.5 Å². The summed E-state index contributed by atoms with van der Waals surface area (Å²) in [6, 6.07) is 14.5. The molecule has 0 aliphatic heterocycles. The molecule has 0 spiro atoms. The van der Waals surface area contributed by atoms with Crippen LogP contribution in [0.25, 0.3) is 10.9 Å². The third-order valence-electron chi connectivity index (χ3n) is 7.09. The van der Waals surface area contributed by atoms with Gasteiger partial charge in [-0.3, -0.25) is 4.79 Å². The van der Waals surface area contributed by atoms with Gasteiger partial charge in [0.25, 0.3) is 0 Å². The molecule has 2 N–H and O–H groups in total. The lowest BCUT2D eigenvalue weighted by atomic mass is 9.98. The first kappa shape index (κ1) is 36.5. The van der Waals surface area contributed by atoms with Crippen molar-refractivity contribution in [3.63, 3.8) is 0 Å². The standard InChI is InChI=1S/C31H44N2O4S.C2H2O4/c1-5-8-15-29-30(27-14-11-12-16-28(27)33(29)38(4,35)36)31(34)25-17-19-26(20-18-25)37-24-13-23-32(21-9-6-2)22-10-7-3;3-1(4)2(5)6/h11-12,14,16-20H,5-10,13,15,21-24H2,1-4H3;(H,3,4)(H,5,6). The molecule has 1 aromatic heterocycles. The number of benzene rings is 2. The molecule has 0 unspecified atom stereocenters. The van der Waals surface area contributed by atoms with E-state index in [0.29, 0.717) is 40.8 Å². The van der Waals surface area contributed by atoms with Gasteiger partial charge in [-0.25, -0.2) is 22.0 Å². The van der Waals surface area contributed by atoms with Gasteiger partial charge in [0.15, 0.2) is 5.78 Å². The predicted octanol–water partition coefficient (Wildman–Crippen LogP) is 5.85. The second-order valence-corrected chi connectivity index (χ2v) is 12.5. The third kappa shape index (κ3) is 10.8. The maximum atomic E-state index is 13.7. The molecule has 1 heterocycles. The molecule has 44 heavy (non-hydrogen) atoms. The van der Waals surface area contributed by atoms with Gasteiger partial charge in [-0.1, -0.05) is 58.2 Å². The van der Waals surface area contributed by atoms with Gasteiger partial charge in [0.1, 0.15) is 5.75 Å². The molecule has 0 bridgehead atoms. The normalized spacial score (nSPS) is 11.3. The summed E-state index contributed by atoms with van der Waals surface area (Å²) < 4.78 is 32.8. The van der Waals surface area contributed by atoms with Crippen LogP contribution in [0, 0.1) is 0 Å². The van der Waals surface area contributed by atoms with E-state index in [-0.39, 0.29) is 5.78 Å². The predicted molar refractivity (Wildman–Crippen MR) is 172 cm³/mol.